The quantitative estimate of drug-likeness (QED) is 0.658. The van der Waals surface area contributed by atoms with Gasteiger partial charge in [0.25, 0.3) is 0 Å². The van der Waals surface area contributed by atoms with Crippen LogP contribution in [-0.4, -0.2) is 20.6 Å². The van der Waals surface area contributed by atoms with Crippen molar-refractivity contribution in [1.29, 1.82) is 0 Å². The van der Waals surface area contributed by atoms with Gasteiger partial charge in [-0.05, 0) is 18.2 Å². The summed E-state index contributed by atoms with van der Waals surface area (Å²) in [6, 6.07) is 4.29. The van der Waals surface area contributed by atoms with E-state index in [1.807, 2.05) is 0 Å². The number of carbonyl (C=O) groups excluding carboxylic acids is 1. The van der Waals surface area contributed by atoms with E-state index in [2.05, 4.69) is 26.3 Å². The number of aryl methyl sites for hydroxylation is 1. The Kier molecular flexibility index (Phi) is 4.63. The zero-order valence-corrected chi connectivity index (χ0v) is 12.2. The predicted octanol–water partition coefficient (Wildman–Crippen LogP) is 2.72. The van der Waals surface area contributed by atoms with E-state index in [1.165, 1.54) is 23.0 Å². The minimum absolute atomic E-state index is 0.0222. The van der Waals surface area contributed by atoms with E-state index in [4.69, 9.17) is 0 Å². The van der Waals surface area contributed by atoms with Gasteiger partial charge in [0.1, 0.15) is 18.2 Å². The van der Waals surface area contributed by atoms with Gasteiger partial charge in [-0.2, -0.15) is 5.10 Å². The molecule has 0 saturated carbocycles. The van der Waals surface area contributed by atoms with Crippen LogP contribution in [0.3, 0.4) is 0 Å². The first-order valence-electron chi connectivity index (χ1n) is 5.87. The highest BCUT2D eigenvalue weighted by atomic mass is 79.9. The van der Waals surface area contributed by atoms with Gasteiger partial charge in [0.2, 0.25) is 5.91 Å². The van der Waals surface area contributed by atoms with Crippen LogP contribution in [0.25, 0.3) is 0 Å². The lowest BCUT2D eigenvalue weighted by molar-refractivity contribution is -0.385. The largest absolute Gasteiger partial charge is 0.324 e. The second-order valence-electron chi connectivity index (χ2n) is 4.14. The van der Waals surface area contributed by atoms with Crippen LogP contribution in [0.15, 0.2) is 35.1 Å². The van der Waals surface area contributed by atoms with Gasteiger partial charge >= 0.3 is 5.69 Å². The van der Waals surface area contributed by atoms with Crippen LogP contribution >= 0.6 is 15.9 Å². The molecule has 110 valence electrons. The van der Waals surface area contributed by atoms with Crippen molar-refractivity contribution in [3.05, 3.63) is 51.0 Å². The van der Waals surface area contributed by atoms with Crippen molar-refractivity contribution in [1.82, 2.24) is 9.78 Å². The van der Waals surface area contributed by atoms with Crippen molar-refractivity contribution in [2.75, 3.05) is 5.32 Å². The summed E-state index contributed by atoms with van der Waals surface area (Å²) in [6.45, 7) is 0.165. The highest BCUT2D eigenvalue weighted by Gasteiger charge is 2.11. The Labute approximate surface area is 127 Å². The molecule has 1 heterocycles. The number of halogens is 2. The molecule has 2 rings (SSSR count). The molecular weight excluding hydrogens is 347 g/mol. The van der Waals surface area contributed by atoms with Crippen LogP contribution in [0.5, 0.6) is 0 Å². The number of rotatable bonds is 5. The fraction of sp³-hybridized carbons (Fsp3) is 0.167. The minimum atomic E-state index is -0.569. The maximum atomic E-state index is 13.5. The molecule has 1 aromatic heterocycles. The van der Waals surface area contributed by atoms with Crippen LogP contribution in [0.2, 0.25) is 0 Å². The van der Waals surface area contributed by atoms with Gasteiger partial charge in [0.15, 0.2) is 0 Å². The predicted molar refractivity (Wildman–Crippen MR) is 76.2 cm³/mol. The Morgan fingerprint density at radius 3 is 2.90 bits per heavy atom. The second kappa shape index (κ2) is 6.44. The molecule has 0 radical (unpaired) electrons. The highest BCUT2D eigenvalue weighted by molar-refractivity contribution is 9.10. The van der Waals surface area contributed by atoms with Gasteiger partial charge < -0.3 is 5.32 Å². The average Bonchev–Trinajstić information content (AvgIpc) is 2.89. The normalized spacial score (nSPS) is 10.4. The maximum absolute atomic E-state index is 13.5. The van der Waals surface area contributed by atoms with Crippen LogP contribution in [-0.2, 0) is 11.3 Å². The Balaban J connectivity index is 1.91. The molecule has 0 atom stereocenters. The zero-order valence-electron chi connectivity index (χ0n) is 10.6. The summed E-state index contributed by atoms with van der Waals surface area (Å²) in [7, 11) is 0. The summed E-state index contributed by atoms with van der Waals surface area (Å²) in [6.07, 6.45) is 2.36. The molecular formula is C12H10BrFN4O3. The molecule has 0 spiro atoms. The number of nitrogens with one attached hydrogen (secondary N) is 1. The Morgan fingerprint density at radius 1 is 1.52 bits per heavy atom. The number of aromatic nitrogens is 2. The van der Waals surface area contributed by atoms with E-state index in [-0.39, 0.29) is 24.3 Å². The lowest BCUT2D eigenvalue weighted by Crippen LogP contribution is -2.15. The molecule has 0 unspecified atom stereocenters. The van der Waals surface area contributed by atoms with Gasteiger partial charge in [0.05, 0.1) is 10.6 Å². The van der Waals surface area contributed by atoms with Crippen molar-refractivity contribution < 1.29 is 14.1 Å². The lowest BCUT2D eigenvalue weighted by Gasteiger charge is -2.06. The number of amides is 1. The summed E-state index contributed by atoms with van der Waals surface area (Å²) in [5.74, 6) is -0.957. The summed E-state index contributed by atoms with van der Waals surface area (Å²) in [5, 5.41) is 16.7. The van der Waals surface area contributed by atoms with Gasteiger partial charge in [-0.3, -0.25) is 19.6 Å². The van der Waals surface area contributed by atoms with Gasteiger partial charge in [-0.25, -0.2) is 4.39 Å². The van der Waals surface area contributed by atoms with E-state index in [0.717, 1.165) is 6.20 Å². The van der Waals surface area contributed by atoms with Crippen molar-refractivity contribution in [3.8, 4) is 0 Å². The molecule has 0 aliphatic carbocycles. The van der Waals surface area contributed by atoms with E-state index in [1.54, 1.807) is 6.07 Å². The third kappa shape index (κ3) is 4.09. The lowest BCUT2D eigenvalue weighted by atomic mass is 10.3. The first-order chi connectivity index (χ1) is 9.95. The number of hydrogen-bond donors (Lipinski definition) is 1. The van der Waals surface area contributed by atoms with Crippen LogP contribution in [0, 0.1) is 15.9 Å². The fourth-order valence-electron chi connectivity index (χ4n) is 1.59. The molecule has 0 fully saturated rings. The number of nitro groups is 1. The summed E-state index contributed by atoms with van der Waals surface area (Å²) < 4.78 is 15.4. The molecule has 7 nitrogen and oxygen atoms in total. The Morgan fingerprint density at radius 2 is 2.29 bits per heavy atom. The molecule has 1 amide bonds. The zero-order chi connectivity index (χ0) is 15.4. The standard InChI is InChI=1S/C12H10BrFN4O3/c13-8-1-2-11(10(14)5-8)16-12(19)3-4-17-7-9(6-15-17)18(20)21/h1-2,5-7H,3-4H2,(H,16,19). The van der Waals surface area contributed by atoms with E-state index >= 15 is 0 Å². The average molecular weight is 357 g/mol. The summed E-state index contributed by atoms with van der Waals surface area (Å²) >= 11 is 3.12. The molecule has 2 aromatic rings. The Hall–Kier alpha value is -2.29. The van der Waals surface area contributed by atoms with Crippen molar-refractivity contribution in [3.63, 3.8) is 0 Å². The highest BCUT2D eigenvalue weighted by Crippen LogP contribution is 2.19. The van der Waals surface area contributed by atoms with E-state index in [9.17, 15) is 19.3 Å². The van der Waals surface area contributed by atoms with Gasteiger partial charge in [0, 0.05) is 17.4 Å². The van der Waals surface area contributed by atoms with Crippen LogP contribution in [0.4, 0.5) is 15.8 Å². The smallest absolute Gasteiger partial charge is 0.306 e. The number of nitrogens with zero attached hydrogens (tertiary/aromatic N) is 3. The van der Waals surface area contributed by atoms with E-state index < -0.39 is 16.6 Å². The fourth-order valence-corrected chi connectivity index (χ4v) is 1.92. The number of benzene rings is 1. The maximum Gasteiger partial charge on any atom is 0.306 e. The third-order valence-corrected chi connectivity index (χ3v) is 3.10. The van der Waals surface area contributed by atoms with Crippen LogP contribution < -0.4 is 5.32 Å². The number of hydrogen-bond acceptors (Lipinski definition) is 4. The monoisotopic (exact) mass is 356 g/mol. The molecule has 21 heavy (non-hydrogen) atoms. The molecule has 0 aliphatic heterocycles. The van der Waals surface area contributed by atoms with Crippen molar-refractivity contribution in [2.24, 2.45) is 0 Å². The van der Waals surface area contributed by atoms with Gasteiger partial charge in [-0.15, -0.1) is 0 Å². The van der Waals surface area contributed by atoms with Crippen LogP contribution in [0.1, 0.15) is 6.42 Å². The first-order valence-corrected chi connectivity index (χ1v) is 6.67. The molecule has 0 bridgehead atoms. The SMILES string of the molecule is O=C(CCn1cc([N+](=O)[O-])cn1)Nc1ccc(Br)cc1F. The minimum Gasteiger partial charge on any atom is -0.324 e. The molecule has 0 saturated heterocycles. The Bertz CT molecular complexity index is 689. The van der Waals surface area contributed by atoms with Crippen molar-refractivity contribution in [2.45, 2.75) is 13.0 Å². The third-order valence-electron chi connectivity index (χ3n) is 2.60. The second-order valence-corrected chi connectivity index (χ2v) is 5.06. The molecule has 1 aromatic carbocycles. The van der Waals surface area contributed by atoms with Gasteiger partial charge in [-0.1, -0.05) is 15.9 Å². The number of carbonyl (C=O) groups is 1. The molecule has 9 heteroatoms. The molecule has 0 aliphatic rings. The first kappa shape index (κ1) is 15.1. The molecule has 1 N–H and O–H groups in total. The number of anilines is 1. The van der Waals surface area contributed by atoms with E-state index in [0.29, 0.717) is 4.47 Å². The van der Waals surface area contributed by atoms with Crippen molar-refractivity contribution >= 4 is 33.2 Å². The summed E-state index contributed by atoms with van der Waals surface area (Å²) in [5.41, 5.74) is -0.0657. The topological polar surface area (TPSA) is 90.1 Å². The summed E-state index contributed by atoms with van der Waals surface area (Å²) in [4.78, 5) is 21.6.